The van der Waals surface area contributed by atoms with Crippen LogP contribution in [0.1, 0.15) is 50.0 Å². The third-order valence-corrected chi connectivity index (χ3v) is 6.14. The number of hydrogen-bond donors (Lipinski definition) is 0. The van der Waals surface area contributed by atoms with E-state index in [1.54, 1.807) is 11.3 Å². The molecule has 1 aliphatic carbocycles. The molecule has 1 aliphatic heterocycles. The number of carbonyl (C=O) groups excluding carboxylic acids is 1. The number of aryl methyl sites for hydroxylation is 1. The summed E-state index contributed by atoms with van der Waals surface area (Å²) in [5.74, 6) is 0.958. The molecule has 1 amide bonds. The molecule has 1 aromatic heterocycles. The Morgan fingerprint density at radius 1 is 1.33 bits per heavy atom. The summed E-state index contributed by atoms with van der Waals surface area (Å²) in [4.78, 5) is 16.9. The van der Waals surface area contributed by atoms with Crippen molar-refractivity contribution in [3.63, 3.8) is 0 Å². The van der Waals surface area contributed by atoms with E-state index in [0.29, 0.717) is 6.54 Å². The molecular formula is C17H16BrNOS. The maximum absolute atomic E-state index is 12.6. The first-order chi connectivity index (χ1) is 10.1. The van der Waals surface area contributed by atoms with Gasteiger partial charge in [-0.1, -0.05) is 22.0 Å². The zero-order valence-corrected chi connectivity index (χ0v) is 14.3. The number of rotatable bonds is 3. The van der Waals surface area contributed by atoms with Crippen molar-refractivity contribution in [1.82, 2.24) is 4.90 Å². The third-order valence-electron chi connectivity index (χ3n) is 4.32. The largest absolute Gasteiger partial charge is 0.329 e. The minimum Gasteiger partial charge on any atom is -0.329 e. The minimum atomic E-state index is 0.212. The first-order valence-electron chi connectivity index (χ1n) is 7.29. The van der Waals surface area contributed by atoms with Crippen molar-refractivity contribution in [3.8, 4) is 0 Å². The van der Waals surface area contributed by atoms with Crippen LogP contribution in [0, 0.1) is 6.92 Å². The summed E-state index contributed by atoms with van der Waals surface area (Å²) in [5.41, 5.74) is 3.69. The normalized spacial score (nSPS) is 17.4. The molecule has 0 atom stereocenters. The summed E-state index contributed by atoms with van der Waals surface area (Å²) in [6.07, 6.45) is 2.60. The van der Waals surface area contributed by atoms with E-state index in [-0.39, 0.29) is 5.91 Å². The highest BCUT2D eigenvalue weighted by molar-refractivity contribution is 9.10. The zero-order valence-electron chi connectivity index (χ0n) is 11.9. The summed E-state index contributed by atoms with van der Waals surface area (Å²) in [6.45, 7) is 3.58. The van der Waals surface area contributed by atoms with Gasteiger partial charge in [0.25, 0.3) is 5.91 Å². The van der Waals surface area contributed by atoms with E-state index in [0.717, 1.165) is 21.8 Å². The van der Waals surface area contributed by atoms with Crippen LogP contribution in [0.25, 0.3) is 0 Å². The SMILES string of the molecule is Cc1cc(Br)ccc1CN1Cc2cc(C3CC3)sc2C1=O. The molecule has 0 saturated heterocycles. The topological polar surface area (TPSA) is 20.3 Å². The fraction of sp³-hybridized carbons (Fsp3) is 0.353. The van der Waals surface area contributed by atoms with Gasteiger partial charge in [0.05, 0.1) is 4.88 Å². The summed E-state index contributed by atoms with van der Waals surface area (Å²) in [5, 5.41) is 0. The van der Waals surface area contributed by atoms with E-state index in [2.05, 4.69) is 41.1 Å². The van der Waals surface area contributed by atoms with Gasteiger partial charge in [-0.2, -0.15) is 0 Å². The second-order valence-corrected chi connectivity index (χ2v) is 8.01. The van der Waals surface area contributed by atoms with Crippen LogP contribution in [0.15, 0.2) is 28.7 Å². The molecule has 2 heterocycles. The number of carbonyl (C=O) groups is 1. The average Bonchev–Trinajstić information content (AvgIpc) is 3.15. The van der Waals surface area contributed by atoms with Crippen molar-refractivity contribution in [2.24, 2.45) is 0 Å². The molecule has 21 heavy (non-hydrogen) atoms. The van der Waals surface area contributed by atoms with Gasteiger partial charge in [-0.05, 0) is 60.6 Å². The van der Waals surface area contributed by atoms with Crippen molar-refractivity contribution in [1.29, 1.82) is 0 Å². The van der Waals surface area contributed by atoms with Gasteiger partial charge >= 0.3 is 0 Å². The molecule has 108 valence electrons. The predicted molar refractivity (Wildman–Crippen MR) is 88.8 cm³/mol. The first-order valence-corrected chi connectivity index (χ1v) is 8.89. The molecule has 0 radical (unpaired) electrons. The fourth-order valence-corrected chi connectivity index (χ4v) is 4.69. The fourth-order valence-electron chi connectivity index (χ4n) is 2.91. The Bertz CT molecular complexity index is 732. The second-order valence-electron chi connectivity index (χ2n) is 6.01. The van der Waals surface area contributed by atoms with Gasteiger partial charge in [-0.3, -0.25) is 4.79 Å². The quantitative estimate of drug-likeness (QED) is 0.764. The van der Waals surface area contributed by atoms with Crippen LogP contribution < -0.4 is 0 Å². The number of thiophene rings is 1. The molecule has 0 bridgehead atoms. The van der Waals surface area contributed by atoms with Gasteiger partial charge < -0.3 is 4.90 Å². The van der Waals surface area contributed by atoms with E-state index >= 15 is 0 Å². The Labute approximate surface area is 136 Å². The number of hydrogen-bond acceptors (Lipinski definition) is 2. The lowest BCUT2D eigenvalue weighted by Gasteiger charge is -2.17. The smallest absolute Gasteiger partial charge is 0.264 e. The molecule has 4 heteroatoms. The molecule has 1 saturated carbocycles. The lowest BCUT2D eigenvalue weighted by Crippen LogP contribution is -2.23. The molecule has 0 N–H and O–H groups in total. The van der Waals surface area contributed by atoms with Gasteiger partial charge in [0, 0.05) is 22.4 Å². The van der Waals surface area contributed by atoms with Gasteiger partial charge in [-0.25, -0.2) is 0 Å². The lowest BCUT2D eigenvalue weighted by molar-refractivity contribution is 0.0769. The molecule has 0 unspecified atom stereocenters. The summed E-state index contributed by atoms with van der Waals surface area (Å²) >= 11 is 5.21. The van der Waals surface area contributed by atoms with Crippen LogP contribution in [0.2, 0.25) is 0 Å². The van der Waals surface area contributed by atoms with Crippen LogP contribution >= 0.6 is 27.3 Å². The Hall–Kier alpha value is -1.13. The van der Waals surface area contributed by atoms with Crippen molar-refractivity contribution in [3.05, 3.63) is 55.2 Å². The van der Waals surface area contributed by atoms with Crippen molar-refractivity contribution >= 4 is 33.2 Å². The van der Waals surface area contributed by atoms with Crippen LogP contribution in [0.4, 0.5) is 0 Å². The molecule has 2 aromatic rings. The highest BCUT2D eigenvalue weighted by Gasteiger charge is 2.34. The van der Waals surface area contributed by atoms with Crippen LogP contribution in [-0.4, -0.2) is 10.8 Å². The third kappa shape index (κ3) is 2.44. The van der Waals surface area contributed by atoms with Gasteiger partial charge in [0.2, 0.25) is 0 Å². The lowest BCUT2D eigenvalue weighted by atomic mass is 10.1. The molecule has 1 aromatic carbocycles. The molecule has 0 spiro atoms. The van der Waals surface area contributed by atoms with Crippen LogP contribution in [0.5, 0.6) is 0 Å². The van der Waals surface area contributed by atoms with E-state index in [4.69, 9.17) is 0 Å². The Balaban J connectivity index is 1.55. The Kier molecular flexibility index (Phi) is 3.19. The van der Waals surface area contributed by atoms with Crippen molar-refractivity contribution in [2.75, 3.05) is 0 Å². The number of nitrogens with zero attached hydrogens (tertiary/aromatic N) is 1. The van der Waals surface area contributed by atoms with Crippen molar-refractivity contribution in [2.45, 2.75) is 38.8 Å². The molecule has 2 nitrogen and oxygen atoms in total. The number of fused-ring (bicyclic) bond motifs is 1. The van der Waals surface area contributed by atoms with Crippen LogP contribution in [-0.2, 0) is 13.1 Å². The van der Waals surface area contributed by atoms with Gasteiger partial charge in [0.15, 0.2) is 0 Å². The molecular weight excluding hydrogens is 346 g/mol. The van der Waals surface area contributed by atoms with Gasteiger partial charge in [0.1, 0.15) is 0 Å². The first kappa shape index (κ1) is 13.5. The molecule has 1 fully saturated rings. The Morgan fingerprint density at radius 3 is 2.81 bits per heavy atom. The van der Waals surface area contributed by atoms with E-state index < -0.39 is 0 Å². The van der Waals surface area contributed by atoms with E-state index in [1.807, 2.05) is 11.0 Å². The highest BCUT2D eigenvalue weighted by atomic mass is 79.9. The van der Waals surface area contributed by atoms with Crippen LogP contribution in [0.3, 0.4) is 0 Å². The van der Waals surface area contributed by atoms with Gasteiger partial charge in [-0.15, -0.1) is 11.3 Å². The zero-order chi connectivity index (χ0) is 14.6. The van der Waals surface area contributed by atoms with Crippen molar-refractivity contribution < 1.29 is 4.79 Å². The highest BCUT2D eigenvalue weighted by Crippen LogP contribution is 2.46. The standard InChI is InChI=1S/C17H16BrNOS/c1-10-6-14(18)5-4-12(10)8-19-9-13-7-15(11-2-3-11)21-16(13)17(19)20/h4-7,11H,2-3,8-9H2,1H3. The number of amides is 1. The molecule has 2 aliphatic rings. The number of halogens is 1. The summed E-state index contributed by atoms with van der Waals surface area (Å²) in [6, 6.07) is 8.53. The summed E-state index contributed by atoms with van der Waals surface area (Å²) in [7, 11) is 0. The minimum absolute atomic E-state index is 0.212. The predicted octanol–water partition coefficient (Wildman–Crippen LogP) is 4.85. The van der Waals surface area contributed by atoms with E-state index in [1.165, 1.54) is 34.4 Å². The Morgan fingerprint density at radius 2 is 2.14 bits per heavy atom. The maximum Gasteiger partial charge on any atom is 0.264 e. The number of benzene rings is 1. The maximum atomic E-state index is 12.6. The average molecular weight is 362 g/mol. The monoisotopic (exact) mass is 361 g/mol. The molecule has 4 rings (SSSR count). The summed E-state index contributed by atoms with van der Waals surface area (Å²) < 4.78 is 1.09. The second kappa shape index (κ2) is 4.96. The van der Waals surface area contributed by atoms with E-state index in [9.17, 15) is 4.79 Å².